The van der Waals surface area contributed by atoms with Crippen molar-refractivity contribution in [2.45, 2.75) is 195 Å². The van der Waals surface area contributed by atoms with Gasteiger partial charge in [-0.2, -0.15) is 0 Å². The molecule has 0 aromatic heterocycles. The van der Waals surface area contributed by atoms with Gasteiger partial charge in [-0.15, -0.1) is 0 Å². The zero-order chi connectivity index (χ0) is 41.5. The summed E-state index contributed by atoms with van der Waals surface area (Å²) in [5, 5.41) is 128. The van der Waals surface area contributed by atoms with Crippen LogP contribution in [0.1, 0.15) is 41.0 Å². The minimum atomic E-state index is -2.20. The van der Waals surface area contributed by atoms with Crippen LogP contribution in [0.25, 0.3) is 0 Å². The summed E-state index contributed by atoms with van der Waals surface area (Å²) >= 11 is 0. The molecule has 0 aromatic carbocycles. The molecule has 0 unspecified atom stereocenters. The van der Waals surface area contributed by atoms with E-state index >= 15 is 0 Å². The number of ether oxygens (including phenoxy) is 10. The van der Waals surface area contributed by atoms with Gasteiger partial charge in [-0.1, -0.05) is 6.92 Å². The van der Waals surface area contributed by atoms with Crippen LogP contribution in [0.15, 0.2) is 0 Å². The second-order valence-electron chi connectivity index (χ2n) is 14.8. The minimum absolute atomic E-state index is 0.151. The van der Waals surface area contributed by atoms with Gasteiger partial charge in [-0.05, 0) is 34.1 Å². The van der Waals surface area contributed by atoms with Crippen LogP contribution in [0.3, 0.4) is 0 Å². The van der Waals surface area contributed by atoms with Crippen LogP contribution >= 0.6 is 0 Å². The van der Waals surface area contributed by atoms with E-state index in [0.29, 0.717) is 6.42 Å². The van der Waals surface area contributed by atoms with Crippen molar-refractivity contribution < 1.29 is 113 Å². The molecule has 5 fully saturated rings. The fourth-order valence-corrected chi connectivity index (χ4v) is 7.15. The number of hydrogen-bond acceptors (Lipinski definition) is 22. The predicted molar refractivity (Wildman–Crippen MR) is 175 cm³/mol. The maximum Gasteiger partial charge on any atom is 0.335 e. The van der Waals surface area contributed by atoms with Crippen molar-refractivity contribution in [2.75, 3.05) is 6.61 Å². The van der Waals surface area contributed by atoms with E-state index < -0.39 is 159 Å². The first kappa shape index (κ1) is 45.7. The van der Waals surface area contributed by atoms with Crippen LogP contribution in [0.2, 0.25) is 0 Å². The molecule has 5 rings (SSSR count). The second kappa shape index (κ2) is 18.9. The molecular weight excluding hydrogens is 764 g/mol. The summed E-state index contributed by atoms with van der Waals surface area (Å²) in [7, 11) is 0. The molecular formula is C33H56O23. The summed E-state index contributed by atoms with van der Waals surface area (Å²) < 4.78 is 57.8. The molecule has 25 atom stereocenters. The molecule has 5 saturated heterocycles. The highest BCUT2D eigenvalue weighted by molar-refractivity contribution is 5.73. The molecule has 56 heavy (non-hydrogen) atoms. The SMILES string of the molecule is CCCO[C@H]1O[C@H](C)[C@H](O)[C@H](O[C@H]2O[C@H](C)[C@H](O)[C@H](O[C@H]3O[C@H](C)[C@H](O)[C@H](O)[C@H]3O)[C@H]2O[C@H]2O[C@H](C(=O)O)[C@@H](O)[C@H](O)[C@H]2O[C@@H]2O[C@H]([C@@H](C)O)[C@@H](O)[C@@H]2O)[C@H]1O. The molecule has 0 aromatic rings. The molecule has 0 spiro atoms. The van der Waals surface area contributed by atoms with Gasteiger partial charge in [0, 0.05) is 6.61 Å². The molecule has 5 aliphatic heterocycles. The second-order valence-corrected chi connectivity index (χ2v) is 14.8. The largest absolute Gasteiger partial charge is 0.479 e. The molecule has 0 saturated carbocycles. The zero-order valence-corrected chi connectivity index (χ0v) is 31.2. The molecule has 0 radical (unpaired) electrons. The van der Waals surface area contributed by atoms with Gasteiger partial charge in [-0.3, -0.25) is 0 Å². The topological polar surface area (TPSA) is 352 Å². The fraction of sp³-hybridized carbons (Fsp3) is 0.970. The quantitative estimate of drug-likeness (QED) is 0.0822. The normalized spacial score (nSPS) is 52.1. The lowest BCUT2D eigenvalue weighted by Gasteiger charge is -2.50. The highest BCUT2D eigenvalue weighted by atomic mass is 16.8. The van der Waals surface area contributed by atoms with Crippen molar-refractivity contribution in [3.63, 3.8) is 0 Å². The third-order valence-electron chi connectivity index (χ3n) is 10.5. The number of carboxylic acid groups (broad SMARTS) is 1. The van der Waals surface area contributed by atoms with Crippen LogP contribution in [-0.4, -0.2) is 227 Å². The van der Waals surface area contributed by atoms with Crippen LogP contribution in [-0.2, 0) is 52.2 Å². The van der Waals surface area contributed by atoms with Crippen LogP contribution in [0.4, 0.5) is 0 Å². The van der Waals surface area contributed by atoms with Crippen molar-refractivity contribution in [2.24, 2.45) is 0 Å². The van der Waals surface area contributed by atoms with Gasteiger partial charge in [0.15, 0.2) is 37.6 Å². The summed E-state index contributed by atoms with van der Waals surface area (Å²) in [6.45, 7) is 7.41. The standard InChI is InChI=1S/C33H56O23/c1-6-7-47-29-21(44)23(13(36)10(4)48-29)52-33-27(24(14(37)11(5)50-33)53-30-19(42)15(38)12(35)9(3)49-30)56-32-26(17(40)16(39)25(54-32)28(45)46)55-31-20(43)18(41)22(51-31)8(2)34/h8-27,29-44H,6-7H2,1-5H3,(H,45,46)/t8-,9-,10-,11-,12+,13+,14+,15+,16+,17+,18+,19-,20+,21-,22-,23+,24+,25+,26-,27-,29+,30-,31+,32-,33-/m1/s1. The summed E-state index contributed by atoms with van der Waals surface area (Å²) in [5.74, 6) is -1.78. The summed E-state index contributed by atoms with van der Waals surface area (Å²) in [6, 6.07) is 0. The number of carboxylic acids is 1. The maximum absolute atomic E-state index is 12.2. The van der Waals surface area contributed by atoms with Crippen LogP contribution < -0.4 is 0 Å². The first-order valence-electron chi connectivity index (χ1n) is 18.5. The Kier molecular flexibility index (Phi) is 15.4. The highest BCUT2D eigenvalue weighted by Gasteiger charge is 2.58. The van der Waals surface area contributed by atoms with Crippen LogP contribution in [0, 0.1) is 0 Å². The van der Waals surface area contributed by atoms with E-state index in [-0.39, 0.29) is 6.61 Å². The molecule has 23 heteroatoms. The third-order valence-corrected chi connectivity index (χ3v) is 10.5. The van der Waals surface area contributed by atoms with E-state index in [9.17, 15) is 66.1 Å². The van der Waals surface area contributed by atoms with Gasteiger partial charge < -0.3 is 109 Å². The van der Waals surface area contributed by atoms with Gasteiger partial charge in [0.05, 0.1) is 24.4 Å². The van der Waals surface area contributed by atoms with E-state index in [1.54, 1.807) is 0 Å². The first-order valence-corrected chi connectivity index (χ1v) is 18.5. The lowest BCUT2D eigenvalue weighted by atomic mass is 9.95. The minimum Gasteiger partial charge on any atom is -0.479 e. The fourth-order valence-electron chi connectivity index (χ4n) is 7.15. The van der Waals surface area contributed by atoms with Crippen molar-refractivity contribution in [1.29, 1.82) is 0 Å². The third kappa shape index (κ3) is 9.33. The molecule has 5 aliphatic rings. The Hall–Kier alpha value is -1.37. The Labute approximate surface area is 320 Å². The Balaban J connectivity index is 1.53. The predicted octanol–water partition coefficient (Wildman–Crippen LogP) is -6.29. The lowest BCUT2D eigenvalue weighted by Crippen LogP contribution is -2.68. The van der Waals surface area contributed by atoms with Gasteiger partial charge in [0.25, 0.3) is 0 Å². The lowest BCUT2D eigenvalue weighted by molar-refractivity contribution is -0.406. The number of aliphatic carboxylic acids is 1. The molecule has 12 N–H and O–H groups in total. The van der Waals surface area contributed by atoms with Gasteiger partial charge in [0.2, 0.25) is 0 Å². The number of hydrogen-bond donors (Lipinski definition) is 12. The van der Waals surface area contributed by atoms with Gasteiger partial charge in [0.1, 0.15) is 91.6 Å². The smallest absolute Gasteiger partial charge is 0.335 e. The van der Waals surface area contributed by atoms with Gasteiger partial charge in [-0.25, -0.2) is 4.79 Å². The van der Waals surface area contributed by atoms with Crippen molar-refractivity contribution in [3.8, 4) is 0 Å². The van der Waals surface area contributed by atoms with Crippen molar-refractivity contribution in [3.05, 3.63) is 0 Å². The van der Waals surface area contributed by atoms with E-state index in [1.165, 1.54) is 27.7 Å². The average molecular weight is 821 g/mol. The van der Waals surface area contributed by atoms with E-state index in [4.69, 9.17) is 47.4 Å². The van der Waals surface area contributed by atoms with Crippen molar-refractivity contribution in [1.82, 2.24) is 0 Å². The summed E-state index contributed by atoms with van der Waals surface area (Å²) in [6.07, 6.45) is -42.2. The first-order chi connectivity index (χ1) is 26.3. The average Bonchev–Trinajstić information content (AvgIpc) is 3.43. The van der Waals surface area contributed by atoms with E-state index in [0.717, 1.165) is 0 Å². The van der Waals surface area contributed by atoms with E-state index in [1.807, 2.05) is 6.92 Å². The Morgan fingerprint density at radius 2 is 1.00 bits per heavy atom. The summed E-state index contributed by atoms with van der Waals surface area (Å²) in [4.78, 5) is 12.2. The van der Waals surface area contributed by atoms with E-state index in [2.05, 4.69) is 0 Å². The number of rotatable bonds is 13. The Morgan fingerprint density at radius 1 is 0.518 bits per heavy atom. The maximum atomic E-state index is 12.2. The molecule has 23 nitrogen and oxygen atoms in total. The number of aliphatic hydroxyl groups is 11. The molecule has 0 amide bonds. The van der Waals surface area contributed by atoms with Crippen molar-refractivity contribution >= 4 is 5.97 Å². The number of aliphatic hydroxyl groups excluding tert-OH is 11. The van der Waals surface area contributed by atoms with Gasteiger partial charge >= 0.3 is 5.97 Å². The Bertz CT molecular complexity index is 1260. The number of carbonyl (C=O) groups is 1. The van der Waals surface area contributed by atoms with Crippen LogP contribution in [0.5, 0.6) is 0 Å². The molecule has 0 bridgehead atoms. The Morgan fingerprint density at radius 3 is 1.59 bits per heavy atom. The molecule has 0 aliphatic carbocycles. The molecule has 5 heterocycles. The molecule has 326 valence electrons. The monoisotopic (exact) mass is 820 g/mol. The zero-order valence-electron chi connectivity index (χ0n) is 31.2. The highest BCUT2D eigenvalue weighted by Crippen LogP contribution is 2.37. The summed E-state index contributed by atoms with van der Waals surface area (Å²) in [5.41, 5.74) is 0.